The lowest BCUT2D eigenvalue weighted by molar-refractivity contribution is -0.00560. The van der Waals surface area contributed by atoms with Gasteiger partial charge in [0.1, 0.15) is 0 Å². The molecule has 0 aromatic rings. The van der Waals surface area contributed by atoms with Gasteiger partial charge in [0.2, 0.25) is 0 Å². The average molecular weight is 278 g/mol. The fourth-order valence-electron chi connectivity index (χ4n) is 4.75. The van der Waals surface area contributed by atoms with E-state index in [1.807, 2.05) is 0 Å². The van der Waals surface area contributed by atoms with Crippen LogP contribution in [0.4, 0.5) is 0 Å². The Balaban J connectivity index is 1.47. The molecule has 2 saturated carbocycles. The Morgan fingerprint density at radius 3 is 2.65 bits per heavy atom. The highest BCUT2D eigenvalue weighted by Gasteiger charge is 2.46. The molecule has 0 bridgehead atoms. The van der Waals surface area contributed by atoms with Crippen molar-refractivity contribution in [3.63, 3.8) is 0 Å². The second-order valence-electron chi connectivity index (χ2n) is 7.74. The summed E-state index contributed by atoms with van der Waals surface area (Å²) >= 11 is 0. The second kappa shape index (κ2) is 5.58. The molecule has 4 fully saturated rings. The first-order valence-electron chi connectivity index (χ1n) is 8.92. The van der Waals surface area contributed by atoms with Gasteiger partial charge in [0.15, 0.2) is 0 Å². The Bertz CT molecular complexity index is 328. The van der Waals surface area contributed by atoms with E-state index in [2.05, 4.69) is 10.2 Å². The first-order chi connectivity index (χ1) is 9.86. The number of piperazine rings is 1. The molecule has 20 heavy (non-hydrogen) atoms. The topological polar surface area (TPSA) is 24.5 Å². The first-order valence-corrected chi connectivity index (χ1v) is 8.92. The Kier molecular flexibility index (Phi) is 3.78. The smallest absolute Gasteiger partial charge is 0.0507 e. The van der Waals surface area contributed by atoms with Crippen LogP contribution in [-0.4, -0.2) is 49.3 Å². The standard InChI is InChI=1S/C17H30N2O/c1-2-7-17(8-3-1)13-18-16(15-4-5-15)11-19(17)10-14-6-9-20-12-14/h14-16,18H,1-13H2. The second-order valence-corrected chi connectivity index (χ2v) is 7.74. The van der Waals surface area contributed by atoms with Crippen LogP contribution < -0.4 is 5.32 Å². The van der Waals surface area contributed by atoms with Crippen molar-refractivity contribution in [3.05, 3.63) is 0 Å². The monoisotopic (exact) mass is 278 g/mol. The third-order valence-electron chi connectivity index (χ3n) is 6.26. The number of nitrogens with zero attached hydrogens (tertiary/aromatic N) is 1. The normalized spacial score (nSPS) is 38.4. The average Bonchev–Trinajstić information content (AvgIpc) is 3.20. The third kappa shape index (κ3) is 2.65. The number of hydrogen-bond donors (Lipinski definition) is 1. The van der Waals surface area contributed by atoms with Crippen LogP contribution in [-0.2, 0) is 4.74 Å². The summed E-state index contributed by atoms with van der Waals surface area (Å²) in [6, 6.07) is 0.782. The molecule has 0 amide bonds. The zero-order chi connectivity index (χ0) is 13.4. The minimum Gasteiger partial charge on any atom is -0.381 e. The maximum atomic E-state index is 5.62. The van der Waals surface area contributed by atoms with Crippen LogP contribution in [0, 0.1) is 11.8 Å². The maximum Gasteiger partial charge on any atom is 0.0507 e. The van der Waals surface area contributed by atoms with Gasteiger partial charge in [-0.25, -0.2) is 0 Å². The van der Waals surface area contributed by atoms with Crippen LogP contribution in [0.1, 0.15) is 51.4 Å². The molecule has 2 heterocycles. The van der Waals surface area contributed by atoms with E-state index >= 15 is 0 Å². The summed E-state index contributed by atoms with van der Waals surface area (Å²) in [6.07, 6.45) is 11.4. The predicted molar refractivity (Wildman–Crippen MR) is 80.8 cm³/mol. The molecular weight excluding hydrogens is 248 g/mol. The molecule has 1 spiro atoms. The molecule has 114 valence electrons. The van der Waals surface area contributed by atoms with Crippen molar-refractivity contribution in [1.82, 2.24) is 10.2 Å². The van der Waals surface area contributed by atoms with E-state index in [9.17, 15) is 0 Å². The molecule has 0 aromatic heterocycles. The highest BCUT2D eigenvalue weighted by Crippen LogP contribution is 2.40. The van der Waals surface area contributed by atoms with Crippen LogP contribution in [0.25, 0.3) is 0 Å². The van der Waals surface area contributed by atoms with Gasteiger partial charge in [0.25, 0.3) is 0 Å². The quantitative estimate of drug-likeness (QED) is 0.858. The molecule has 4 rings (SSSR count). The largest absolute Gasteiger partial charge is 0.381 e. The van der Waals surface area contributed by atoms with E-state index in [4.69, 9.17) is 4.74 Å². The molecule has 0 radical (unpaired) electrons. The van der Waals surface area contributed by atoms with Crippen LogP contribution in [0.3, 0.4) is 0 Å². The zero-order valence-electron chi connectivity index (χ0n) is 12.8. The molecule has 2 aliphatic heterocycles. The maximum absolute atomic E-state index is 5.62. The first kappa shape index (κ1) is 13.5. The predicted octanol–water partition coefficient (Wildman–Crippen LogP) is 2.41. The zero-order valence-corrected chi connectivity index (χ0v) is 12.8. The molecular formula is C17H30N2O. The summed E-state index contributed by atoms with van der Waals surface area (Å²) in [5, 5.41) is 3.92. The van der Waals surface area contributed by atoms with E-state index in [1.165, 1.54) is 71.0 Å². The highest BCUT2D eigenvalue weighted by molar-refractivity contribution is 5.04. The van der Waals surface area contributed by atoms with Crippen LogP contribution in [0.15, 0.2) is 0 Å². The lowest BCUT2D eigenvalue weighted by atomic mass is 9.77. The Morgan fingerprint density at radius 1 is 1.10 bits per heavy atom. The fraction of sp³-hybridized carbons (Fsp3) is 1.00. The molecule has 0 aromatic carbocycles. The van der Waals surface area contributed by atoms with Crippen LogP contribution in [0.5, 0.6) is 0 Å². The van der Waals surface area contributed by atoms with Crippen molar-refractivity contribution >= 4 is 0 Å². The highest BCUT2D eigenvalue weighted by atomic mass is 16.5. The van der Waals surface area contributed by atoms with Gasteiger partial charge in [0.05, 0.1) is 6.61 Å². The van der Waals surface area contributed by atoms with E-state index in [-0.39, 0.29) is 0 Å². The minimum absolute atomic E-state index is 0.492. The Hall–Kier alpha value is -0.120. The van der Waals surface area contributed by atoms with Crippen molar-refractivity contribution in [1.29, 1.82) is 0 Å². The van der Waals surface area contributed by atoms with Gasteiger partial charge in [-0.3, -0.25) is 4.90 Å². The van der Waals surface area contributed by atoms with Crippen molar-refractivity contribution in [3.8, 4) is 0 Å². The van der Waals surface area contributed by atoms with Gasteiger partial charge in [-0.1, -0.05) is 19.3 Å². The lowest BCUT2D eigenvalue weighted by Gasteiger charge is -2.53. The molecule has 3 nitrogen and oxygen atoms in total. The number of rotatable bonds is 3. The van der Waals surface area contributed by atoms with Crippen molar-refractivity contribution in [2.24, 2.45) is 11.8 Å². The number of ether oxygens (including phenoxy) is 1. The van der Waals surface area contributed by atoms with Crippen LogP contribution >= 0.6 is 0 Å². The number of hydrogen-bond acceptors (Lipinski definition) is 3. The van der Waals surface area contributed by atoms with Gasteiger partial charge < -0.3 is 10.1 Å². The van der Waals surface area contributed by atoms with Gasteiger partial charge in [0, 0.05) is 37.8 Å². The Morgan fingerprint density at radius 2 is 1.95 bits per heavy atom. The molecule has 4 aliphatic rings. The molecule has 2 atom stereocenters. The minimum atomic E-state index is 0.492. The van der Waals surface area contributed by atoms with E-state index in [0.29, 0.717) is 5.54 Å². The summed E-state index contributed by atoms with van der Waals surface area (Å²) in [5.41, 5.74) is 0.492. The lowest BCUT2D eigenvalue weighted by Crippen LogP contribution is -2.66. The van der Waals surface area contributed by atoms with Gasteiger partial charge in [-0.05, 0) is 43.9 Å². The van der Waals surface area contributed by atoms with Gasteiger partial charge in [-0.15, -0.1) is 0 Å². The van der Waals surface area contributed by atoms with Gasteiger partial charge in [-0.2, -0.15) is 0 Å². The SMILES string of the molecule is C1CCC2(CC1)CNC(C1CC1)CN2CC1CCOC1. The van der Waals surface area contributed by atoms with E-state index < -0.39 is 0 Å². The summed E-state index contributed by atoms with van der Waals surface area (Å²) < 4.78 is 5.62. The Labute approximate surface area is 123 Å². The molecule has 1 N–H and O–H groups in total. The summed E-state index contributed by atoms with van der Waals surface area (Å²) in [5.74, 6) is 1.78. The van der Waals surface area contributed by atoms with Gasteiger partial charge >= 0.3 is 0 Å². The molecule has 2 unspecified atom stereocenters. The molecule has 2 aliphatic carbocycles. The fourth-order valence-corrected chi connectivity index (χ4v) is 4.75. The van der Waals surface area contributed by atoms with E-state index in [0.717, 1.165) is 31.1 Å². The van der Waals surface area contributed by atoms with Crippen molar-refractivity contribution < 1.29 is 4.74 Å². The third-order valence-corrected chi connectivity index (χ3v) is 6.26. The van der Waals surface area contributed by atoms with Crippen molar-refractivity contribution in [2.45, 2.75) is 62.9 Å². The van der Waals surface area contributed by atoms with E-state index in [1.54, 1.807) is 0 Å². The molecule has 2 saturated heterocycles. The van der Waals surface area contributed by atoms with Crippen LogP contribution in [0.2, 0.25) is 0 Å². The molecule has 3 heteroatoms. The summed E-state index contributed by atoms with van der Waals surface area (Å²) in [4.78, 5) is 2.91. The number of nitrogens with one attached hydrogen (secondary N) is 1. The summed E-state index contributed by atoms with van der Waals surface area (Å²) in [6.45, 7) is 5.86. The van der Waals surface area contributed by atoms with Crippen molar-refractivity contribution in [2.75, 3.05) is 32.8 Å². The summed E-state index contributed by atoms with van der Waals surface area (Å²) in [7, 11) is 0.